The van der Waals surface area contributed by atoms with Crippen molar-refractivity contribution < 1.29 is 13.5 Å². The van der Waals surface area contributed by atoms with Crippen LogP contribution in [0.1, 0.15) is 0 Å². The Hall–Kier alpha value is -1.90. The third-order valence-corrected chi connectivity index (χ3v) is 2.34. The summed E-state index contributed by atoms with van der Waals surface area (Å²) in [5.41, 5.74) is 1.03. The van der Waals surface area contributed by atoms with Crippen molar-refractivity contribution >= 4 is 0 Å². The van der Waals surface area contributed by atoms with Crippen molar-refractivity contribution in [3.05, 3.63) is 54.1 Å². The molecule has 0 radical (unpaired) electrons. The summed E-state index contributed by atoms with van der Waals surface area (Å²) in [7, 11) is 1.38. The quantitative estimate of drug-likeness (QED) is 0.750. The fourth-order valence-electron chi connectivity index (χ4n) is 1.52. The van der Waals surface area contributed by atoms with Crippen LogP contribution in [0.4, 0.5) is 8.78 Å². The molecule has 0 N–H and O–H groups in total. The van der Waals surface area contributed by atoms with E-state index in [1.165, 1.54) is 31.4 Å². The molecule has 0 bridgehead atoms. The van der Waals surface area contributed by atoms with Crippen LogP contribution in [0.5, 0.6) is 5.75 Å². The Labute approximate surface area is 92.3 Å². The van der Waals surface area contributed by atoms with Gasteiger partial charge in [-0.3, -0.25) is 0 Å². The number of halogens is 2. The summed E-state index contributed by atoms with van der Waals surface area (Å²) in [6.07, 6.45) is 0. The van der Waals surface area contributed by atoms with Gasteiger partial charge in [0.1, 0.15) is 5.82 Å². The highest BCUT2D eigenvalue weighted by Gasteiger charge is 2.08. The molecule has 3 heteroatoms. The molecule has 0 aliphatic carbocycles. The lowest BCUT2D eigenvalue weighted by Gasteiger charge is -2.06. The van der Waals surface area contributed by atoms with Crippen LogP contribution in [0.15, 0.2) is 42.5 Å². The molecule has 0 aromatic heterocycles. The lowest BCUT2D eigenvalue weighted by Crippen LogP contribution is -1.90. The van der Waals surface area contributed by atoms with Gasteiger partial charge in [-0.05, 0) is 23.8 Å². The zero-order chi connectivity index (χ0) is 11.5. The smallest absolute Gasteiger partial charge is 0.165 e. The highest BCUT2D eigenvalue weighted by Crippen LogP contribution is 2.27. The third-order valence-electron chi connectivity index (χ3n) is 2.34. The van der Waals surface area contributed by atoms with Gasteiger partial charge in [-0.15, -0.1) is 0 Å². The third kappa shape index (κ3) is 1.89. The van der Waals surface area contributed by atoms with Gasteiger partial charge in [0.15, 0.2) is 11.6 Å². The molecule has 0 saturated heterocycles. The summed E-state index contributed by atoms with van der Waals surface area (Å²) < 4.78 is 31.5. The fraction of sp³-hybridized carbons (Fsp3) is 0.0769. The van der Waals surface area contributed by atoms with Crippen LogP contribution in [-0.2, 0) is 0 Å². The van der Waals surface area contributed by atoms with E-state index in [0.29, 0.717) is 11.1 Å². The lowest BCUT2D eigenvalue weighted by molar-refractivity contribution is 0.387. The molecule has 2 aromatic rings. The van der Waals surface area contributed by atoms with E-state index in [-0.39, 0.29) is 11.6 Å². The van der Waals surface area contributed by atoms with Crippen LogP contribution in [0, 0.1) is 11.6 Å². The maximum atomic E-state index is 13.5. The molecule has 82 valence electrons. The predicted octanol–water partition coefficient (Wildman–Crippen LogP) is 3.64. The number of hydrogen-bond acceptors (Lipinski definition) is 1. The molecule has 0 atom stereocenters. The van der Waals surface area contributed by atoms with Crippen LogP contribution in [0.2, 0.25) is 0 Å². The minimum atomic E-state index is -0.456. The van der Waals surface area contributed by atoms with Crippen LogP contribution in [0.25, 0.3) is 11.1 Å². The van der Waals surface area contributed by atoms with Crippen molar-refractivity contribution in [1.82, 2.24) is 0 Å². The van der Waals surface area contributed by atoms with E-state index >= 15 is 0 Å². The SMILES string of the molecule is COc1cc(-c2ccccc2F)ccc1F. The Kier molecular flexibility index (Phi) is 2.86. The number of ether oxygens (including phenoxy) is 1. The second-order valence-corrected chi connectivity index (χ2v) is 3.33. The van der Waals surface area contributed by atoms with Gasteiger partial charge in [-0.2, -0.15) is 0 Å². The number of methoxy groups -OCH3 is 1. The summed E-state index contributed by atoms with van der Waals surface area (Å²) in [5, 5.41) is 0. The summed E-state index contributed by atoms with van der Waals surface area (Å²) in [4.78, 5) is 0. The normalized spacial score (nSPS) is 10.2. The van der Waals surface area contributed by atoms with E-state index in [4.69, 9.17) is 4.74 Å². The minimum Gasteiger partial charge on any atom is -0.494 e. The molecule has 16 heavy (non-hydrogen) atoms. The van der Waals surface area contributed by atoms with Crippen LogP contribution in [0.3, 0.4) is 0 Å². The average Bonchev–Trinajstić information content (AvgIpc) is 2.31. The molecule has 2 aromatic carbocycles. The Morgan fingerprint density at radius 2 is 1.69 bits per heavy atom. The van der Waals surface area contributed by atoms with Crippen LogP contribution >= 0.6 is 0 Å². The van der Waals surface area contributed by atoms with Gasteiger partial charge >= 0.3 is 0 Å². The molecule has 0 unspecified atom stereocenters. The maximum Gasteiger partial charge on any atom is 0.165 e. The number of rotatable bonds is 2. The van der Waals surface area contributed by atoms with Gasteiger partial charge in [-0.25, -0.2) is 8.78 Å². The van der Waals surface area contributed by atoms with Gasteiger partial charge in [-0.1, -0.05) is 24.3 Å². The molecule has 0 heterocycles. The molecule has 0 fully saturated rings. The number of benzene rings is 2. The van der Waals surface area contributed by atoms with E-state index in [9.17, 15) is 8.78 Å². The van der Waals surface area contributed by atoms with Crippen LogP contribution in [-0.4, -0.2) is 7.11 Å². The minimum absolute atomic E-state index is 0.112. The second kappa shape index (κ2) is 4.31. The summed E-state index contributed by atoms with van der Waals surface area (Å²) in [5.74, 6) is -0.681. The molecular formula is C13H10F2O. The van der Waals surface area contributed by atoms with E-state index in [1.807, 2.05) is 0 Å². The van der Waals surface area contributed by atoms with Crippen molar-refractivity contribution in [2.24, 2.45) is 0 Å². The van der Waals surface area contributed by atoms with Crippen molar-refractivity contribution in [1.29, 1.82) is 0 Å². The highest BCUT2D eigenvalue weighted by atomic mass is 19.1. The standard InChI is InChI=1S/C13H10F2O/c1-16-13-8-9(6-7-12(13)15)10-4-2-3-5-11(10)14/h2-8H,1H3. The molecular weight excluding hydrogens is 210 g/mol. The Balaban J connectivity index is 2.53. The Bertz CT molecular complexity index is 509. The highest BCUT2D eigenvalue weighted by molar-refractivity contribution is 5.65. The summed E-state index contributed by atoms with van der Waals surface area (Å²) in [6, 6.07) is 10.6. The van der Waals surface area contributed by atoms with Gasteiger partial charge in [0.05, 0.1) is 7.11 Å². The maximum absolute atomic E-state index is 13.5. The first-order valence-corrected chi connectivity index (χ1v) is 4.81. The first-order chi connectivity index (χ1) is 7.72. The second-order valence-electron chi connectivity index (χ2n) is 3.33. The number of hydrogen-bond donors (Lipinski definition) is 0. The lowest BCUT2D eigenvalue weighted by atomic mass is 10.0. The van der Waals surface area contributed by atoms with E-state index < -0.39 is 5.82 Å². The van der Waals surface area contributed by atoms with E-state index in [2.05, 4.69) is 0 Å². The van der Waals surface area contributed by atoms with Crippen LogP contribution < -0.4 is 4.74 Å². The fourth-order valence-corrected chi connectivity index (χ4v) is 1.52. The van der Waals surface area contributed by atoms with E-state index in [1.54, 1.807) is 18.2 Å². The summed E-state index contributed by atoms with van der Waals surface area (Å²) >= 11 is 0. The van der Waals surface area contributed by atoms with Gasteiger partial charge in [0.25, 0.3) is 0 Å². The summed E-state index contributed by atoms with van der Waals surface area (Å²) in [6.45, 7) is 0. The largest absolute Gasteiger partial charge is 0.494 e. The van der Waals surface area contributed by atoms with Crippen molar-refractivity contribution in [3.8, 4) is 16.9 Å². The van der Waals surface area contributed by atoms with Gasteiger partial charge in [0.2, 0.25) is 0 Å². The average molecular weight is 220 g/mol. The molecule has 0 aliphatic heterocycles. The van der Waals surface area contributed by atoms with Gasteiger partial charge in [0, 0.05) is 5.56 Å². The first-order valence-electron chi connectivity index (χ1n) is 4.81. The van der Waals surface area contributed by atoms with E-state index in [0.717, 1.165) is 0 Å². The molecule has 0 amide bonds. The van der Waals surface area contributed by atoms with Crippen molar-refractivity contribution in [3.63, 3.8) is 0 Å². The van der Waals surface area contributed by atoms with Crippen molar-refractivity contribution in [2.45, 2.75) is 0 Å². The molecule has 0 aliphatic rings. The zero-order valence-corrected chi connectivity index (χ0v) is 8.71. The first kappa shape index (κ1) is 10.6. The van der Waals surface area contributed by atoms with Crippen molar-refractivity contribution in [2.75, 3.05) is 7.11 Å². The Morgan fingerprint density at radius 3 is 2.38 bits per heavy atom. The molecule has 0 spiro atoms. The van der Waals surface area contributed by atoms with Gasteiger partial charge < -0.3 is 4.74 Å². The molecule has 1 nitrogen and oxygen atoms in total. The topological polar surface area (TPSA) is 9.23 Å². The predicted molar refractivity (Wildman–Crippen MR) is 58.3 cm³/mol. The zero-order valence-electron chi connectivity index (χ0n) is 8.71. The molecule has 2 rings (SSSR count). The molecule has 0 saturated carbocycles. The Morgan fingerprint density at radius 1 is 0.938 bits per heavy atom. The monoisotopic (exact) mass is 220 g/mol.